The zero-order valence-electron chi connectivity index (χ0n) is 16.2. The van der Waals surface area contributed by atoms with E-state index in [1.165, 1.54) is 28.6 Å². The Morgan fingerprint density at radius 2 is 2.23 bits per heavy atom. The number of carbonyl (C=O) groups is 2. The monoisotopic (exact) mass is 415 g/mol. The highest BCUT2D eigenvalue weighted by Gasteiger charge is 2.32. The van der Waals surface area contributed by atoms with Gasteiger partial charge in [-0.2, -0.15) is 4.98 Å². The number of nitrogens with zero attached hydrogens (tertiary/aromatic N) is 6. The van der Waals surface area contributed by atoms with E-state index in [0.717, 1.165) is 0 Å². The summed E-state index contributed by atoms with van der Waals surface area (Å²) >= 11 is 0. The third-order valence-corrected chi connectivity index (χ3v) is 4.39. The molecule has 0 radical (unpaired) electrons. The van der Waals surface area contributed by atoms with Gasteiger partial charge in [0.15, 0.2) is 11.6 Å². The summed E-state index contributed by atoms with van der Waals surface area (Å²) in [4.78, 5) is 28.5. The quantitative estimate of drug-likeness (QED) is 0.635. The maximum atomic E-state index is 14.7. The molecular formula is C18H18FN7O4. The van der Waals surface area contributed by atoms with Crippen molar-refractivity contribution in [3.63, 3.8) is 0 Å². The highest BCUT2D eigenvalue weighted by molar-refractivity contribution is 5.90. The number of benzene rings is 1. The largest absolute Gasteiger partial charge is 0.442 e. The molecule has 1 aromatic carbocycles. The summed E-state index contributed by atoms with van der Waals surface area (Å²) in [5.41, 5.74) is 1.06. The van der Waals surface area contributed by atoms with Crippen LogP contribution in [0.15, 0.2) is 28.9 Å². The number of nitrogens with one attached hydrogen (secondary N) is 1. The molecule has 0 saturated carbocycles. The van der Waals surface area contributed by atoms with Crippen LogP contribution in [0, 0.1) is 12.7 Å². The molecule has 3 heterocycles. The molecule has 0 spiro atoms. The summed E-state index contributed by atoms with van der Waals surface area (Å²) < 4.78 is 26.1. The summed E-state index contributed by atoms with van der Waals surface area (Å²) in [6, 6.07) is 4.31. The number of aromatic nitrogens is 5. The van der Waals surface area contributed by atoms with E-state index in [-0.39, 0.29) is 24.7 Å². The highest BCUT2D eigenvalue weighted by atomic mass is 19.1. The van der Waals surface area contributed by atoms with Crippen LogP contribution in [0.4, 0.5) is 14.9 Å². The SMILES string of the molecule is CC(=O)NC[C@H]1CN(c2ccc(-n3cc(Cc4noc(C)n4)nn3)c(F)c2)C(=O)O1. The average Bonchev–Trinajstić information content (AvgIpc) is 3.41. The van der Waals surface area contributed by atoms with Gasteiger partial charge >= 0.3 is 6.09 Å². The molecule has 1 N–H and O–H groups in total. The Hall–Kier alpha value is -3.83. The molecule has 1 aliphatic rings. The first kappa shape index (κ1) is 19.5. The molecule has 1 saturated heterocycles. The van der Waals surface area contributed by atoms with Gasteiger partial charge in [-0.3, -0.25) is 9.69 Å². The zero-order valence-corrected chi connectivity index (χ0v) is 16.2. The van der Waals surface area contributed by atoms with Crippen LogP contribution in [0.2, 0.25) is 0 Å². The molecule has 156 valence electrons. The number of hydrogen-bond donors (Lipinski definition) is 1. The molecule has 0 aliphatic carbocycles. The van der Waals surface area contributed by atoms with Crippen LogP contribution < -0.4 is 10.2 Å². The Labute approximate surface area is 169 Å². The number of anilines is 1. The van der Waals surface area contributed by atoms with Gasteiger partial charge in [-0.1, -0.05) is 10.4 Å². The van der Waals surface area contributed by atoms with Gasteiger partial charge < -0.3 is 14.6 Å². The number of aryl methyl sites for hydroxylation is 1. The van der Waals surface area contributed by atoms with Crippen molar-refractivity contribution >= 4 is 17.7 Å². The molecule has 12 heteroatoms. The zero-order chi connectivity index (χ0) is 21.3. The third kappa shape index (κ3) is 4.11. The Bertz CT molecular complexity index is 1100. The fraction of sp³-hybridized carbons (Fsp3) is 0.333. The van der Waals surface area contributed by atoms with E-state index >= 15 is 0 Å². The van der Waals surface area contributed by atoms with E-state index in [9.17, 15) is 14.0 Å². The van der Waals surface area contributed by atoms with Crippen LogP contribution in [0.5, 0.6) is 0 Å². The summed E-state index contributed by atoms with van der Waals surface area (Å²) in [5.74, 6) is 0.0922. The normalized spacial score (nSPS) is 16.0. The lowest BCUT2D eigenvalue weighted by Crippen LogP contribution is -2.33. The molecule has 1 aliphatic heterocycles. The van der Waals surface area contributed by atoms with Crippen LogP contribution in [-0.4, -0.2) is 56.3 Å². The Morgan fingerprint density at radius 1 is 1.40 bits per heavy atom. The topological polar surface area (TPSA) is 128 Å². The molecule has 1 fully saturated rings. The maximum Gasteiger partial charge on any atom is 0.414 e. The molecular weight excluding hydrogens is 397 g/mol. The molecule has 11 nitrogen and oxygen atoms in total. The van der Waals surface area contributed by atoms with Crippen molar-refractivity contribution in [3.8, 4) is 5.69 Å². The summed E-state index contributed by atoms with van der Waals surface area (Å²) in [6.45, 7) is 3.46. The fourth-order valence-corrected chi connectivity index (χ4v) is 3.02. The lowest BCUT2D eigenvalue weighted by molar-refractivity contribution is -0.119. The lowest BCUT2D eigenvalue weighted by atomic mass is 10.2. The summed E-state index contributed by atoms with van der Waals surface area (Å²) in [7, 11) is 0. The standard InChI is InChI=1S/C18H18FN7O4/c1-10(27)20-7-14-9-25(18(28)29-14)13-3-4-16(15(19)6-13)26-8-12(22-24-26)5-17-21-11(2)30-23-17/h3-4,6,8,14H,5,7,9H2,1-2H3,(H,20,27)/t14-/m0/s1. The van der Waals surface area contributed by atoms with Gasteiger partial charge in [0.05, 0.1) is 37.1 Å². The van der Waals surface area contributed by atoms with Crippen molar-refractivity contribution < 1.29 is 23.2 Å². The second kappa shape index (κ2) is 7.89. The molecule has 30 heavy (non-hydrogen) atoms. The molecule has 0 unspecified atom stereocenters. The van der Waals surface area contributed by atoms with Crippen LogP contribution in [0.1, 0.15) is 24.3 Å². The van der Waals surface area contributed by atoms with Gasteiger partial charge in [0.2, 0.25) is 11.8 Å². The van der Waals surface area contributed by atoms with Gasteiger partial charge in [-0.05, 0) is 18.2 Å². The predicted octanol–water partition coefficient (Wildman–Crippen LogP) is 1.15. The van der Waals surface area contributed by atoms with Gasteiger partial charge in [0.25, 0.3) is 0 Å². The van der Waals surface area contributed by atoms with Gasteiger partial charge in [0.1, 0.15) is 11.8 Å². The number of halogens is 1. The Morgan fingerprint density at radius 3 is 2.93 bits per heavy atom. The minimum atomic E-state index is -0.601. The van der Waals surface area contributed by atoms with E-state index in [1.54, 1.807) is 19.2 Å². The van der Waals surface area contributed by atoms with E-state index in [2.05, 4.69) is 25.8 Å². The average molecular weight is 415 g/mol. The van der Waals surface area contributed by atoms with Crippen molar-refractivity contribution in [2.75, 3.05) is 18.0 Å². The van der Waals surface area contributed by atoms with E-state index in [1.807, 2.05) is 0 Å². The van der Waals surface area contributed by atoms with E-state index in [0.29, 0.717) is 29.5 Å². The third-order valence-electron chi connectivity index (χ3n) is 4.39. The summed E-state index contributed by atoms with van der Waals surface area (Å²) in [5, 5.41) is 14.3. The van der Waals surface area contributed by atoms with Crippen molar-refractivity contribution in [1.29, 1.82) is 0 Å². The second-order valence-electron chi connectivity index (χ2n) is 6.75. The Balaban J connectivity index is 1.47. The second-order valence-corrected chi connectivity index (χ2v) is 6.75. The number of ether oxygens (including phenoxy) is 1. The Kier molecular flexibility index (Phi) is 5.12. The first-order valence-corrected chi connectivity index (χ1v) is 9.12. The van der Waals surface area contributed by atoms with Crippen molar-refractivity contribution in [2.45, 2.75) is 26.4 Å². The van der Waals surface area contributed by atoms with E-state index in [4.69, 9.17) is 9.26 Å². The van der Waals surface area contributed by atoms with Crippen molar-refractivity contribution in [2.24, 2.45) is 0 Å². The number of hydrogen-bond acceptors (Lipinski definition) is 8. The van der Waals surface area contributed by atoms with Crippen LogP contribution in [-0.2, 0) is 16.0 Å². The van der Waals surface area contributed by atoms with E-state index < -0.39 is 18.0 Å². The molecule has 4 rings (SSSR count). The number of rotatable bonds is 6. The predicted molar refractivity (Wildman–Crippen MR) is 99.5 cm³/mol. The van der Waals surface area contributed by atoms with Crippen LogP contribution >= 0.6 is 0 Å². The smallest absolute Gasteiger partial charge is 0.414 e. The van der Waals surface area contributed by atoms with Gasteiger partial charge in [0, 0.05) is 13.8 Å². The number of carbonyl (C=O) groups excluding carboxylic acids is 2. The van der Waals surface area contributed by atoms with Crippen molar-refractivity contribution in [3.05, 3.63) is 47.6 Å². The van der Waals surface area contributed by atoms with Crippen LogP contribution in [0.25, 0.3) is 5.69 Å². The van der Waals surface area contributed by atoms with Gasteiger partial charge in [-0.15, -0.1) is 5.10 Å². The number of cyclic esters (lactones) is 1. The lowest BCUT2D eigenvalue weighted by Gasteiger charge is -2.14. The first-order valence-electron chi connectivity index (χ1n) is 9.12. The minimum Gasteiger partial charge on any atom is -0.442 e. The molecule has 0 bridgehead atoms. The maximum absolute atomic E-state index is 14.7. The molecule has 1 atom stereocenters. The van der Waals surface area contributed by atoms with Crippen LogP contribution in [0.3, 0.4) is 0 Å². The highest BCUT2D eigenvalue weighted by Crippen LogP contribution is 2.25. The first-order chi connectivity index (χ1) is 14.4. The minimum absolute atomic E-state index is 0.171. The fourth-order valence-electron chi connectivity index (χ4n) is 3.02. The molecule has 2 aromatic heterocycles. The van der Waals surface area contributed by atoms with Crippen molar-refractivity contribution in [1.82, 2.24) is 30.5 Å². The summed E-state index contributed by atoms with van der Waals surface area (Å²) in [6.07, 6.45) is 0.760. The molecule has 3 aromatic rings. The number of amides is 2. The molecule has 2 amide bonds. The van der Waals surface area contributed by atoms with Gasteiger partial charge in [-0.25, -0.2) is 13.9 Å².